The molecule has 54 valence electrons. The Kier molecular flexibility index (Phi) is 3.47. The maximum atomic E-state index is 10.6. The van der Waals surface area contributed by atoms with E-state index in [4.69, 9.17) is 5.41 Å². The molecule has 0 spiro atoms. The molecule has 3 nitrogen and oxygen atoms in total. The summed E-state index contributed by atoms with van der Waals surface area (Å²) in [7, 11) is 3.08. The summed E-state index contributed by atoms with van der Waals surface area (Å²) < 4.78 is 4.30. The number of allylic oxidation sites excluding steroid dienone is 1. The quantitative estimate of drug-likeness (QED) is 0.324. The van der Waals surface area contributed by atoms with Crippen molar-refractivity contribution in [1.29, 1.82) is 5.41 Å². The molecule has 0 amide bonds. The summed E-state index contributed by atoms with van der Waals surface area (Å²) in [6.45, 7) is 1.82. The lowest BCUT2D eigenvalue weighted by molar-refractivity contribution is -0.132. The van der Waals surface area contributed by atoms with Crippen LogP contribution in [0.2, 0.25) is 0 Å². The average Bonchev–Trinajstić information content (AvgIpc) is 1.85. The lowest BCUT2D eigenvalue weighted by Crippen LogP contribution is -2.12. The first-order valence-electron chi connectivity index (χ1n) is 2.89. The fourth-order valence-corrected chi connectivity index (χ4v) is 0.458. The maximum absolute atomic E-state index is 10.6. The van der Waals surface area contributed by atoms with Crippen molar-refractivity contribution in [3.05, 3.63) is 11.5 Å². The van der Waals surface area contributed by atoms with E-state index in [1.165, 1.54) is 13.2 Å². The molecule has 0 aliphatic carbocycles. The number of esters is 1. The van der Waals surface area contributed by atoms with Crippen LogP contribution in [0.15, 0.2) is 11.5 Å². The first-order chi connectivity index (χ1) is 4.57. The number of carbonyl (C=O) groups is 1. The van der Waals surface area contributed by atoms with Crippen LogP contribution in [0.25, 0.3) is 0 Å². The van der Waals surface area contributed by atoms with Gasteiger partial charge in [0.05, 0.1) is 7.11 Å². The van der Waals surface area contributed by atoms with E-state index in [0.29, 0.717) is 0 Å². The van der Waals surface area contributed by atoms with E-state index in [1.807, 2.05) is 14.8 Å². The van der Waals surface area contributed by atoms with Gasteiger partial charge in [0.1, 0.15) is 13.6 Å². The Hall–Kier alpha value is -1.06. The predicted octanol–water partition coefficient (Wildman–Crippen LogP) is -0.284. The Morgan fingerprint density at radius 3 is 2.50 bits per heavy atom. The van der Waals surface area contributed by atoms with Crippen molar-refractivity contribution in [3.63, 3.8) is 0 Å². The summed E-state index contributed by atoms with van der Waals surface area (Å²) in [6, 6.07) is 0. The largest absolute Gasteiger partial charge is 0.464 e. The SMILES string of the molecule is B/C(C)=C/C(=N)C(=O)OC. The van der Waals surface area contributed by atoms with Gasteiger partial charge in [0.2, 0.25) is 0 Å². The van der Waals surface area contributed by atoms with Crippen molar-refractivity contribution in [3.8, 4) is 0 Å². The standard InChI is InChI=1S/C6H10BNO2/c1-4(7)3-5(8)6(9)10-2/h3,8H,7H2,1-2H3/b4-3+,8-5?. The monoisotopic (exact) mass is 139 g/mol. The van der Waals surface area contributed by atoms with Gasteiger partial charge in [-0.1, -0.05) is 6.92 Å². The molecule has 0 saturated heterocycles. The van der Waals surface area contributed by atoms with Crippen LogP contribution in [0, 0.1) is 5.41 Å². The summed E-state index contributed by atoms with van der Waals surface area (Å²) in [5.41, 5.74) is 0.804. The number of hydrogen-bond donors (Lipinski definition) is 1. The van der Waals surface area contributed by atoms with Gasteiger partial charge in [-0.25, -0.2) is 4.79 Å². The summed E-state index contributed by atoms with van der Waals surface area (Å²) in [6.07, 6.45) is 1.46. The van der Waals surface area contributed by atoms with E-state index in [1.54, 1.807) is 0 Å². The lowest BCUT2D eigenvalue weighted by Gasteiger charge is -1.94. The molecule has 0 fully saturated rings. The first-order valence-corrected chi connectivity index (χ1v) is 2.89. The smallest absolute Gasteiger partial charge is 0.355 e. The molecular weight excluding hydrogens is 129 g/mol. The van der Waals surface area contributed by atoms with E-state index in [0.717, 1.165) is 5.47 Å². The predicted molar refractivity (Wildman–Crippen MR) is 42.0 cm³/mol. The average molecular weight is 139 g/mol. The van der Waals surface area contributed by atoms with Crippen LogP contribution in [0.3, 0.4) is 0 Å². The van der Waals surface area contributed by atoms with E-state index < -0.39 is 5.97 Å². The van der Waals surface area contributed by atoms with Crippen LogP contribution < -0.4 is 0 Å². The molecular formula is C6H10BNO2. The van der Waals surface area contributed by atoms with Gasteiger partial charge in [0, 0.05) is 0 Å². The van der Waals surface area contributed by atoms with E-state index in [9.17, 15) is 4.79 Å². The highest BCUT2D eigenvalue weighted by molar-refractivity contribution is 6.41. The van der Waals surface area contributed by atoms with Gasteiger partial charge < -0.3 is 4.74 Å². The van der Waals surface area contributed by atoms with Gasteiger partial charge in [-0.3, -0.25) is 5.41 Å². The van der Waals surface area contributed by atoms with Gasteiger partial charge >= 0.3 is 5.97 Å². The summed E-state index contributed by atoms with van der Waals surface area (Å²) in [4.78, 5) is 10.6. The molecule has 0 heterocycles. The van der Waals surface area contributed by atoms with E-state index >= 15 is 0 Å². The molecule has 0 aromatic carbocycles. The molecule has 0 aliphatic rings. The van der Waals surface area contributed by atoms with Gasteiger partial charge in [-0.2, -0.15) is 0 Å². The third kappa shape index (κ3) is 3.07. The molecule has 1 N–H and O–H groups in total. The lowest BCUT2D eigenvalue weighted by atomic mass is 9.96. The minimum atomic E-state index is -0.596. The Morgan fingerprint density at radius 2 is 2.20 bits per heavy atom. The topological polar surface area (TPSA) is 50.2 Å². The highest BCUT2D eigenvalue weighted by atomic mass is 16.5. The highest BCUT2D eigenvalue weighted by Crippen LogP contribution is 1.87. The van der Waals surface area contributed by atoms with E-state index in [2.05, 4.69) is 4.74 Å². The van der Waals surface area contributed by atoms with Crippen molar-refractivity contribution in [2.24, 2.45) is 0 Å². The molecule has 0 aromatic rings. The molecule has 0 aromatic heterocycles. The van der Waals surface area contributed by atoms with Gasteiger partial charge in [-0.15, -0.1) is 5.47 Å². The second-order valence-electron chi connectivity index (χ2n) is 2.13. The van der Waals surface area contributed by atoms with Crippen LogP contribution in [0.4, 0.5) is 0 Å². The number of hydrogen-bond acceptors (Lipinski definition) is 3. The van der Waals surface area contributed by atoms with Crippen molar-refractivity contribution < 1.29 is 9.53 Å². The van der Waals surface area contributed by atoms with Crippen LogP contribution >= 0.6 is 0 Å². The van der Waals surface area contributed by atoms with Crippen molar-refractivity contribution in [1.82, 2.24) is 0 Å². The highest BCUT2D eigenvalue weighted by Gasteiger charge is 2.03. The Morgan fingerprint density at radius 1 is 1.70 bits per heavy atom. The number of methoxy groups -OCH3 is 1. The number of carbonyl (C=O) groups excluding carboxylic acids is 1. The fourth-order valence-electron chi connectivity index (χ4n) is 0.458. The van der Waals surface area contributed by atoms with Gasteiger partial charge in [-0.05, 0) is 6.08 Å². The number of nitrogens with one attached hydrogen (secondary N) is 1. The normalized spacial score (nSPS) is 10.8. The molecule has 0 atom stereocenters. The summed E-state index contributed by atoms with van der Waals surface area (Å²) in [5, 5.41) is 7.07. The Balaban J connectivity index is 4.11. The second-order valence-corrected chi connectivity index (χ2v) is 2.13. The maximum Gasteiger partial charge on any atom is 0.355 e. The molecule has 10 heavy (non-hydrogen) atoms. The van der Waals surface area contributed by atoms with Gasteiger partial charge in [0.15, 0.2) is 0 Å². The minimum Gasteiger partial charge on any atom is -0.464 e. The molecule has 0 rings (SSSR count). The van der Waals surface area contributed by atoms with Crippen molar-refractivity contribution in [2.75, 3.05) is 7.11 Å². The Labute approximate surface area is 61.0 Å². The third-order valence-corrected chi connectivity index (χ3v) is 0.838. The second kappa shape index (κ2) is 3.87. The molecule has 4 heteroatoms. The van der Waals surface area contributed by atoms with E-state index in [-0.39, 0.29) is 5.71 Å². The molecule has 0 unspecified atom stereocenters. The van der Waals surface area contributed by atoms with Crippen LogP contribution in [0.1, 0.15) is 6.92 Å². The third-order valence-electron chi connectivity index (χ3n) is 0.838. The molecule has 0 bridgehead atoms. The summed E-state index contributed by atoms with van der Waals surface area (Å²) >= 11 is 0. The number of rotatable bonds is 2. The zero-order valence-electron chi connectivity index (χ0n) is 6.39. The first kappa shape index (κ1) is 8.94. The molecule has 0 saturated carbocycles. The van der Waals surface area contributed by atoms with Crippen molar-refractivity contribution >= 4 is 19.5 Å². The van der Waals surface area contributed by atoms with Crippen LogP contribution in [-0.4, -0.2) is 26.6 Å². The zero-order chi connectivity index (χ0) is 8.15. The molecule has 0 radical (unpaired) electrons. The summed E-state index contributed by atoms with van der Waals surface area (Å²) in [5.74, 6) is -0.596. The van der Waals surface area contributed by atoms with Crippen molar-refractivity contribution in [2.45, 2.75) is 6.92 Å². The number of ether oxygens (including phenoxy) is 1. The zero-order valence-corrected chi connectivity index (χ0v) is 6.39. The van der Waals surface area contributed by atoms with Crippen LogP contribution in [-0.2, 0) is 9.53 Å². The van der Waals surface area contributed by atoms with Gasteiger partial charge in [0.25, 0.3) is 0 Å². The minimum absolute atomic E-state index is 0.109. The fraction of sp³-hybridized carbons (Fsp3) is 0.333. The molecule has 0 aliphatic heterocycles. The Bertz CT molecular complexity index is 182. The van der Waals surface area contributed by atoms with Crippen LogP contribution in [0.5, 0.6) is 0 Å².